The number of rotatable bonds is 5. The molecule has 1 aromatic carbocycles. The summed E-state index contributed by atoms with van der Waals surface area (Å²) in [5.74, 6) is 0.884. The van der Waals surface area contributed by atoms with Gasteiger partial charge in [0.15, 0.2) is 0 Å². The molecule has 15 heavy (non-hydrogen) atoms. The van der Waals surface area contributed by atoms with Gasteiger partial charge in [0.25, 0.3) is 0 Å². The smallest absolute Gasteiger partial charge is 0.0180 e. The molecule has 2 atom stereocenters. The van der Waals surface area contributed by atoms with Crippen LogP contribution in [0.4, 0.5) is 0 Å². The van der Waals surface area contributed by atoms with Crippen LogP contribution in [0.25, 0.3) is 0 Å². The number of hydrogen-bond acceptors (Lipinski definition) is 2. The highest BCUT2D eigenvalue weighted by molar-refractivity contribution is 5.27. The van der Waals surface area contributed by atoms with Crippen molar-refractivity contribution < 1.29 is 0 Å². The van der Waals surface area contributed by atoms with Gasteiger partial charge in [0.05, 0.1) is 0 Å². The van der Waals surface area contributed by atoms with Crippen LogP contribution in [0.2, 0.25) is 0 Å². The zero-order valence-electron chi connectivity index (χ0n) is 9.37. The standard InChI is InChI=1S/C13H20N2/c1-10-8-13(10)15-7-6-11-4-2-3-5-12(11)9-14/h2-5,10,13,15H,6-9,14H2,1H3. The van der Waals surface area contributed by atoms with Crippen LogP contribution in [0.1, 0.15) is 24.5 Å². The summed E-state index contributed by atoms with van der Waals surface area (Å²) in [6.45, 7) is 4.02. The average molecular weight is 204 g/mol. The first-order chi connectivity index (χ1) is 7.31. The minimum absolute atomic E-state index is 0.649. The normalized spacial score (nSPS) is 24.1. The topological polar surface area (TPSA) is 38.0 Å². The molecule has 3 N–H and O–H groups in total. The maximum Gasteiger partial charge on any atom is 0.0180 e. The molecule has 0 heterocycles. The lowest BCUT2D eigenvalue weighted by Crippen LogP contribution is -2.21. The lowest BCUT2D eigenvalue weighted by Gasteiger charge is -2.08. The summed E-state index contributed by atoms with van der Waals surface area (Å²) in [7, 11) is 0. The van der Waals surface area contributed by atoms with Crippen molar-refractivity contribution >= 4 is 0 Å². The van der Waals surface area contributed by atoms with Gasteiger partial charge in [0.1, 0.15) is 0 Å². The second-order valence-corrected chi connectivity index (χ2v) is 4.50. The zero-order chi connectivity index (χ0) is 10.7. The van der Waals surface area contributed by atoms with Crippen LogP contribution in [0, 0.1) is 5.92 Å². The van der Waals surface area contributed by atoms with Crippen molar-refractivity contribution in [2.24, 2.45) is 11.7 Å². The second-order valence-electron chi connectivity index (χ2n) is 4.50. The molecule has 0 aliphatic heterocycles. The molecule has 1 aliphatic carbocycles. The van der Waals surface area contributed by atoms with Gasteiger partial charge < -0.3 is 11.1 Å². The van der Waals surface area contributed by atoms with E-state index in [1.165, 1.54) is 17.5 Å². The Bertz CT molecular complexity index is 322. The number of nitrogens with two attached hydrogens (primary N) is 1. The van der Waals surface area contributed by atoms with E-state index in [1.54, 1.807) is 0 Å². The quantitative estimate of drug-likeness (QED) is 0.766. The summed E-state index contributed by atoms with van der Waals surface area (Å²) in [6.07, 6.45) is 2.44. The van der Waals surface area contributed by atoms with Crippen LogP contribution >= 0.6 is 0 Å². The average Bonchev–Trinajstić information content (AvgIpc) is 2.95. The highest BCUT2D eigenvalue weighted by Gasteiger charge is 2.31. The van der Waals surface area contributed by atoms with Gasteiger partial charge in [-0.3, -0.25) is 0 Å². The van der Waals surface area contributed by atoms with Crippen LogP contribution in [-0.4, -0.2) is 12.6 Å². The molecule has 0 amide bonds. The maximum atomic E-state index is 5.70. The fourth-order valence-electron chi connectivity index (χ4n) is 2.00. The Labute approximate surface area is 91.9 Å². The predicted molar refractivity (Wildman–Crippen MR) is 63.6 cm³/mol. The maximum absolute atomic E-state index is 5.70. The van der Waals surface area contributed by atoms with E-state index in [-0.39, 0.29) is 0 Å². The van der Waals surface area contributed by atoms with E-state index < -0.39 is 0 Å². The molecule has 1 aromatic rings. The van der Waals surface area contributed by atoms with E-state index >= 15 is 0 Å². The molecule has 2 unspecified atom stereocenters. The van der Waals surface area contributed by atoms with Crippen LogP contribution in [-0.2, 0) is 13.0 Å². The Hall–Kier alpha value is -0.860. The highest BCUT2D eigenvalue weighted by atomic mass is 15.0. The van der Waals surface area contributed by atoms with Gasteiger partial charge in [-0.05, 0) is 36.4 Å². The predicted octanol–water partition coefficient (Wildman–Crippen LogP) is 1.69. The van der Waals surface area contributed by atoms with E-state index in [9.17, 15) is 0 Å². The summed E-state index contributed by atoms with van der Waals surface area (Å²) in [6, 6.07) is 9.22. The second kappa shape index (κ2) is 4.77. The van der Waals surface area contributed by atoms with Crippen molar-refractivity contribution in [1.29, 1.82) is 0 Å². The van der Waals surface area contributed by atoms with Crippen molar-refractivity contribution in [1.82, 2.24) is 5.32 Å². The third kappa shape index (κ3) is 2.80. The monoisotopic (exact) mass is 204 g/mol. The molecule has 0 bridgehead atoms. The number of hydrogen-bond donors (Lipinski definition) is 2. The Morgan fingerprint density at radius 3 is 2.60 bits per heavy atom. The summed E-state index contributed by atoms with van der Waals surface area (Å²) in [5, 5.41) is 3.57. The molecule has 2 nitrogen and oxygen atoms in total. The van der Waals surface area contributed by atoms with Gasteiger partial charge in [0, 0.05) is 12.6 Å². The minimum atomic E-state index is 0.649. The van der Waals surface area contributed by atoms with Crippen molar-refractivity contribution in [2.45, 2.75) is 32.4 Å². The number of benzene rings is 1. The third-order valence-electron chi connectivity index (χ3n) is 3.25. The molecule has 2 heteroatoms. The van der Waals surface area contributed by atoms with Crippen LogP contribution in [0.5, 0.6) is 0 Å². The van der Waals surface area contributed by atoms with Gasteiger partial charge in [-0.2, -0.15) is 0 Å². The molecule has 82 valence electrons. The summed E-state index contributed by atoms with van der Waals surface area (Å²) in [4.78, 5) is 0. The molecule has 1 saturated carbocycles. The largest absolute Gasteiger partial charge is 0.326 e. The molecule has 0 spiro atoms. The third-order valence-corrected chi connectivity index (χ3v) is 3.25. The lowest BCUT2D eigenvalue weighted by molar-refractivity contribution is 0.648. The first-order valence-corrected chi connectivity index (χ1v) is 5.81. The van der Waals surface area contributed by atoms with Gasteiger partial charge in [0.2, 0.25) is 0 Å². The van der Waals surface area contributed by atoms with E-state index in [0.717, 1.165) is 24.9 Å². The van der Waals surface area contributed by atoms with E-state index in [1.807, 2.05) is 0 Å². The molecule has 0 radical (unpaired) electrons. The Kier molecular flexibility index (Phi) is 3.39. The van der Waals surface area contributed by atoms with Gasteiger partial charge >= 0.3 is 0 Å². The summed E-state index contributed by atoms with van der Waals surface area (Å²) >= 11 is 0. The van der Waals surface area contributed by atoms with Crippen LogP contribution in [0.15, 0.2) is 24.3 Å². The molecular formula is C13H20N2. The summed E-state index contributed by atoms with van der Waals surface area (Å²) in [5.41, 5.74) is 8.37. The van der Waals surface area contributed by atoms with E-state index in [2.05, 4.69) is 36.5 Å². The Morgan fingerprint density at radius 1 is 1.33 bits per heavy atom. The zero-order valence-corrected chi connectivity index (χ0v) is 9.37. The van der Waals surface area contributed by atoms with Gasteiger partial charge in [-0.1, -0.05) is 31.2 Å². The first-order valence-electron chi connectivity index (χ1n) is 5.81. The minimum Gasteiger partial charge on any atom is -0.326 e. The number of nitrogens with one attached hydrogen (secondary N) is 1. The Morgan fingerprint density at radius 2 is 2.00 bits per heavy atom. The highest BCUT2D eigenvalue weighted by Crippen LogP contribution is 2.28. The molecule has 1 fully saturated rings. The van der Waals surface area contributed by atoms with Gasteiger partial charge in [-0.25, -0.2) is 0 Å². The molecule has 1 aliphatic rings. The molecule has 0 saturated heterocycles. The molecule has 0 aromatic heterocycles. The van der Waals surface area contributed by atoms with Crippen molar-refractivity contribution in [3.8, 4) is 0 Å². The molecule has 2 rings (SSSR count). The molecular weight excluding hydrogens is 184 g/mol. The fraction of sp³-hybridized carbons (Fsp3) is 0.538. The van der Waals surface area contributed by atoms with Crippen molar-refractivity contribution in [2.75, 3.05) is 6.54 Å². The van der Waals surface area contributed by atoms with Crippen molar-refractivity contribution in [3.63, 3.8) is 0 Å². The van der Waals surface area contributed by atoms with Crippen molar-refractivity contribution in [3.05, 3.63) is 35.4 Å². The van der Waals surface area contributed by atoms with E-state index in [4.69, 9.17) is 5.73 Å². The lowest BCUT2D eigenvalue weighted by atomic mass is 10.0. The van der Waals surface area contributed by atoms with Gasteiger partial charge in [-0.15, -0.1) is 0 Å². The SMILES string of the molecule is CC1CC1NCCc1ccccc1CN. The summed E-state index contributed by atoms with van der Waals surface area (Å²) < 4.78 is 0. The Balaban J connectivity index is 1.81. The van der Waals surface area contributed by atoms with Crippen LogP contribution < -0.4 is 11.1 Å². The fourth-order valence-corrected chi connectivity index (χ4v) is 2.00. The van der Waals surface area contributed by atoms with E-state index in [0.29, 0.717) is 6.54 Å². The van der Waals surface area contributed by atoms with Crippen LogP contribution in [0.3, 0.4) is 0 Å². The first kappa shape index (κ1) is 10.7.